The number of nitrogens with zero attached hydrogens (tertiary/aromatic N) is 1. The highest BCUT2D eigenvalue weighted by Gasteiger charge is 2.23. The van der Waals surface area contributed by atoms with E-state index in [-0.39, 0.29) is 11.8 Å². The SMILES string of the molecule is NC(=O)C(CS)NC(=O)c1csc(C2CCCN2)n1. The maximum Gasteiger partial charge on any atom is 0.271 e. The molecule has 2 rings (SSSR count). The average molecular weight is 300 g/mol. The van der Waals surface area contributed by atoms with Crippen LogP contribution in [0.3, 0.4) is 0 Å². The molecule has 0 aliphatic carbocycles. The highest BCUT2D eigenvalue weighted by atomic mass is 32.1. The summed E-state index contributed by atoms with van der Waals surface area (Å²) < 4.78 is 0. The predicted molar refractivity (Wildman–Crippen MR) is 76.4 cm³/mol. The molecule has 0 radical (unpaired) electrons. The molecule has 1 aromatic rings. The zero-order valence-corrected chi connectivity index (χ0v) is 12.0. The molecule has 1 aliphatic heterocycles. The number of nitrogens with two attached hydrogens (primary N) is 1. The molecule has 0 aromatic carbocycles. The number of carbonyl (C=O) groups is 2. The van der Waals surface area contributed by atoms with E-state index in [1.807, 2.05) is 0 Å². The second-order valence-electron chi connectivity index (χ2n) is 4.33. The van der Waals surface area contributed by atoms with E-state index in [2.05, 4.69) is 28.2 Å². The van der Waals surface area contributed by atoms with Gasteiger partial charge in [0.1, 0.15) is 16.7 Å². The van der Waals surface area contributed by atoms with Gasteiger partial charge in [-0.1, -0.05) is 0 Å². The van der Waals surface area contributed by atoms with Crippen molar-refractivity contribution in [2.45, 2.75) is 24.9 Å². The summed E-state index contributed by atoms with van der Waals surface area (Å²) in [5.74, 6) is -0.822. The Morgan fingerprint density at radius 3 is 3.05 bits per heavy atom. The van der Waals surface area contributed by atoms with Crippen LogP contribution in [0.2, 0.25) is 0 Å². The Kier molecular flexibility index (Phi) is 4.78. The molecule has 1 aliphatic rings. The third-order valence-electron chi connectivity index (χ3n) is 2.94. The Hall–Kier alpha value is -1.12. The van der Waals surface area contributed by atoms with Crippen molar-refractivity contribution in [3.63, 3.8) is 0 Å². The van der Waals surface area contributed by atoms with Gasteiger partial charge in [0.05, 0.1) is 6.04 Å². The van der Waals surface area contributed by atoms with Crippen molar-refractivity contribution in [1.29, 1.82) is 0 Å². The number of carbonyl (C=O) groups excluding carboxylic acids is 2. The molecule has 0 bridgehead atoms. The molecule has 8 heteroatoms. The summed E-state index contributed by atoms with van der Waals surface area (Å²) in [5, 5.41) is 8.45. The van der Waals surface area contributed by atoms with Gasteiger partial charge in [-0.3, -0.25) is 9.59 Å². The predicted octanol–water partition coefficient (Wildman–Crippen LogP) is 0.0811. The van der Waals surface area contributed by atoms with Crippen LogP contribution < -0.4 is 16.4 Å². The Labute approximate surface area is 120 Å². The first-order valence-corrected chi connectivity index (χ1v) is 7.53. The first kappa shape index (κ1) is 14.3. The fraction of sp³-hybridized carbons (Fsp3) is 0.545. The summed E-state index contributed by atoms with van der Waals surface area (Å²) in [4.78, 5) is 27.3. The molecular formula is C11H16N4O2S2. The van der Waals surface area contributed by atoms with Crippen LogP contribution in [0, 0.1) is 0 Å². The second-order valence-corrected chi connectivity index (χ2v) is 5.59. The highest BCUT2D eigenvalue weighted by Crippen LogP contribution is 2.25. The summed E-state index contributed by atoms with van der Waals surface area (Å²) in [6.45, 7) is 0.981. The van der Waals surface area contributed by atoms with Crippen molar-refractivity contribution in [2.24, 2.45) is 5.73 Å². The third kappa shape index (κ3) is 3.46. The molecule has 0 saturated carbocycles. The first-order valence-electron chi connectivity index (χ1n) is 6.01. The lowest BCUT2D eigenvalue weighted by Crippen LogP contribution is -2.45. The fourth-order valence-corrected chi connectivity index (χ4v) is 3.07. The maximum absolute atomic E-state index is 11.9. The number of primary amides is 1. The standard InChI is InChI=1S/C11H16N4O2S2/c12-9(16)7(4-18)14-10(17)8-5-19-11(15-8)6-2-1-3-13-6/h5-7,13,18H,1-4H2,(H2,12,16)(H,14,17). The number of aromatic nitrogens is 1. The number of hydrogen-bond donors (Lipinski definition) is 4. The Morgan fingerprint density at radius 2 is 2.47 bits per heavy atom. The molecule has 1 saturated heterocycles. The Morgan fingerprint density at radius 1 is 1.68 bits per heavy atom. The number of rotatable bonds is 5. The van der Waals surface area contributed by atoms with Gasteiger partial charge in [-0.05, 0) is 19.4 Å². The highest BCUT2D eigenvalue weighted by molar-refractivity contribution is 7.80. The van der Waals surface area contributed by atoms with Crippen LogP contribution in [0.15, 0.2) is 5.38 Å². The number of thiol groups is 1. The lowest BCUT2D eigenvalue weighted by atomic mass is 10.2. The van der Waals surface area contributed by atoms with Crippen molar-refractivity contribution in [3.8, 4) is 0 Å². The van der Waals surface area contributed by atoms with E-state index in [0.717, 1.165) is 24.4 Å². The molecule has 2 unspecified atom stereocenters. The molecule has 2 atom stereocenters. The maximum atomic E-state index is 11.9. The van der Waals surface area contributed by atoms with E-state index in [4.69, 9.17) is 5.73 Å². The summed E-state index contributed by atoms with van der Waals surface area (Å²) in [6, 6.07) is -0.533. The van der Waals surface area contributed by atoms with Crippen molar-refractivity contribution in [2.75, 3.05) is 12.3 Å². The average Bonchev–Trinajstić information content (AvgIpc) is 3.04. The van der Waals surface area contributed by atoms with Gasteiger partial charge in [0, 0.05) is 11.1 Å². The zero-order valence-electron chi connectivity index (χ0n) is 10.3. The van der Waals surface area contributed by atoms with Gasteiger partial charge in [-0.25, -0.2) is 4.98 Å². The molecule has 1 fully saturated rings. The third-order valence-corrected chi connectivity index (χ3v) is 4.27. The van der Waals surface area contributed by atoms with Gasteiger partial charge in [-0.2, -0.15) is 12.6 Å². The van der Waals surface area contributed by atoms with E-state index in [9.17, 15) is 9.59 Å². The first-order chi connectivity index (χ1) is 9.11. The van der Waals surface area contributed by atoms with E-state index >= 15 is 0 Å². The fourth-order valence-electron chi connectivity index (χ4n) is 1.89. The lowest BCUT2D eigenvalue weighted by Gasteiger charge is -2.11. The summed E-state index contributed by atoms with van der Waals surface area (Å²) in [5.41, 5.74) is 5.47. The number of thiazole rings is 1. The van der Waals surface area contributed by atoms with Gasteiger partial charge in [0.2, 0.25) is 5.91 Å². The van der Waals surface area contributed by atoms with Gasteiger partial charge >= 0.3 is 0 Å². The van der Waals surface area contributed by atoms with Gasteiger partial charge in [0.25, 0.3) is 5.91 Å². The largest absolute Gasteiger partial charge is 0.368 e. The van der Waals surface area contributed by atoms with E-state index in [0.29, 0.717) is 5.69 Å². The lowest BCUT2D eigenvalue weighted by molar-refractivity contribution is -0.119. The Balaban J connectivity index is 2.01. The normalized spacial score (nSPS) is 20.2. The van der Waals surface area contributed by atoms with Crippen LogP contribution in [-0.4, -0.2) is 35.1 Å². The van der Waals surface area contributed by atoms with Crippen LogP contribution in [0.1, 0.15) is 34.4 Å². The summed E-state index contributed by atoms with van der Waals surface area (Å²) in [6.07, 6.45) is 2.16. The molecular weight excluding hydrogens is 284 g/mol. The topological polar surface area (TPSA) is 97.1 Å². The smallest absolute Gasteiger partial charge is 0.271 e. The quantitative estimate of drug-likeness (QED) is 0.579. The molecule has 104 valence electrons. The van der Waals surface area contributed by atoms with Crippen molar-refractivity contribution >= 4 is 35.8 Å². The molecule has 19 heavy (non-hydrogen) atoms. The number of nitrogens with one attached hydrogen (secondary N) is 2. The van der Waals surface area contributed by atoms with Gasteiger partial charge in [-0.15, -0.1) is 11.3 Å². The number of amides is 2. The summed E-state index contributed by atoms with van der Waals surface area (Å²) in [7, 11) is 0. The molecule has 2 amide bonds. The zero-order chi connectivity index (χ0) is 13.8. The minimum Gasteiger partial charge on any atom is -0.368 e. The van der Waals surface area contributed by atoms with Crippen LogP contribution in [0.4, 0.5) is 0 Å². The van der Waals surface area contributed by atoms with Crippen LogP contribution in [0.25, 0.3) is 0 Å². The minimum atomic E-state index is -0.773. The van der Waals surface area contributed by atoms with Crippen LogP contribution >= 0.6 is 24.0 Å². The molecule has 1 aromatic heterocycles. The Bertz CT molecular complexity index is 471. The van der Waals surface area contributed by atoms with Crippen molar-refractivity contribution in [1.82, 2.24) is 15.6 Å². The summed E-state index contributed by atoms with van der Waals surface area (Å²) >= 11 is 5.42. The van der Waals surface area contributed by atoms with E-state index < -0.39 is 17.9 Å². The van der Waals surface area contributed by atoms with Crippen molar-refractivity contribution in [3.05, 3.63) is 16.1 Å². The van der Waals surface area contributed by atoms with E-state index in [1.54, 1.807) is 5.38 Å². The van der Waals surface area contributed by atoms with Gasteiger partial charge < -0.3 is 16.4 Å². The van der Waals surface area contributed by atoms with E-state index in [1.165, 1.54) is 11.3 Å². The van der Waals surface area contributed by atoms with Crippen molar-refractivity contribution < 1.29 is 9.59 Å². The monoisotopic (exact) mass is 300 g/mol. The molecule has 0 spiro atoms. The second kappa shape index (κ2) is 6.36. The van der Waals surface area contributed by atoms with Gasteiger partial charge in [0.15, 0.2) is 0 Å². The molecule has 6 nitrogen and oxygen atoms in total. The minimum absolute atomic E-state index is 0.169. The molecule has 2 heterocycles. The van der Waals surface area contributed by atoms with Crippen LogP contribution in [0.5, 0.6) is 0 Å². The van der Waals surface area contributed by atoms with Crippen LogP contribution in [-0.2, 0) is 4.79 Å². The molecule has 4 N–H and O–H groups in total. The number of hydrogen-bond acceptors (Lipinski definition) is 6.